The van der Waals surface area contributed by atoms with E-state index in [-0.39, 0.29) is 16.7 Å². The number of para-hydroxylation sites is 2. The molecule has 0 radical (unpaired) electrons. The summed E-state index contributed by atoms with van der Waals surface area (Å²) in [5, 5.41) is 4.57. The standard InChI is InChI=1S/C59H45NO/c1-58(2)48-28-16-13-23-41(48)46-35-38(31-33-50(46)58)53(37-19-7-5-8-20-37)54-43-25-11-12-26-44(43)56(55-45-27-15-18-30-52(45)61-57(54)55)60(39-21-9-6-10-22-39)40-32-34-51-47(36-40)42-24-14-17-29-49(42)59(51,3)4/h5-36,53H,1-4H3. The zero-order valence-electron chi connectivity index (χ0n) is 34.9. The fraction of sp³-hybridized carbons (Fsp3) is 0.119. The number of rotatable bonds is 6. The van der Waals surface area contributed by atoms with Gasteiger partial charge in [0.25, 0.3) is 0 Å². The van der Waals surface area contributed by atoms with Gasteiger partial charge < -0.3 is 9.32 Å². The summed E-state index contributed by atoms with van der Waals surface area (Å²) in [5.41, 5.74) is 19.3. The number of benzene rings is 9. The molecule has 10 aromatic rings. The minimum absolute atomic E-state index is 0.0800. The molecule has 0 aliphatic heterocycles. The van der Waals surface area contributed by atoms with Crippen LogP contribution >= 0.6 is 0 Å². The molecule has 2 nitrogen and oxygen atoms in total. The topological polar surface area (TPSA) is 16.4 Å². The normalized spacial score (nSPS) is 14.8. The Hall–Kier alpha value is -7.16. The third-order valence-corrected chi connectivity index (χ3v) is 14.0. The molecule has 1 aromatic heterocycles. The van der Waals surface area contributed by atoms with Crippen molar-refractivity contribution in [3.05, 3.63) is 233 Å². The monoisotopic (exact) mass is 783 g/mol. The molecule has 0 bridgehead atoms. The van der Waals surface area contributed by atoms with Crippen molar-refractivity contribution in [3.8, 4) is 22.3 Å². The number of furan rings is 1. The fourth-order valence-electron chi connectivity index (χ4n) is 11.1. The Labute approximate surface area is 357 Å². The number of fused-ring (bicyclic) bond motifs is 10. The lowest BCUT2D eigenvalue weighted by Gasteiger charge is -2.30. The molecule has 1 unspecified atom stereocenters. The number of nitrogens with zero attached hydrogens (tertiary/aromatic N) is 1. The summed E-state index contributed by atoms with van der Waals surface area (Å²) in [4.78, 5) is 2.48. The lowest BCUT2D eigenvalue weighted by Crippen LogP contribution is -2.16. The Morgan fingerprint density at radius 3 is 1.62 bits per heavy atom. The second-order valence-electron chi connectivity index (χ2n) is 18.0. The van der Waals surface area contributed by atoms with E-state index in [2.05, 4.69) is 227 Å². The van der Waals surface area contributed by atoms with Gasteiger partial charge in [-0.2, -0.15) is 0 Å². The van der Waals surface area contributed by atoms with Crippen molar-refractivity contribution in [3.63, 3.8) is 0 Å². The van der Waals surface area contributed by atoms with Gasteiger partial charge in [-0.05, 0) is 97.4 Å². The van der Waals surface area contributed by atoms with Gasteiger partial charge in [0, 0.05) is 44.5 Å². The SMILES string of the molecule is CC1(C)c2ccccc2-c2cc(C(c3ccccc3)c3c4ccccc4c(N(c4ccccc4)c4ccc5c(c4)-c4ccccc4C5(C)C)c4c3oc3ccccc34)ccc21. The Kier molecular flexibility index (Phi) is 7.72. The summed E-state index contributed by atoms with van der Waals surface area (Å²) in [6, 6.07) is 71.7. The highest BCUT2D eigenvalue weighted by Gasteiger charge is 2.38. The predicted octanol–water partition coefficient (Wildman–Crippen LogP) is 16.0. The van der Waals surface area contributed by atoms with Crippen LogP contribution in [0.1, 0.15) is 72.6 Å². The lowest BCUT2D eigenvalue weighted by atomic mass is 9.79. The molecular weight excluding hydrogens is 739 g/mol. The van der Waals surface area contributed by atoms with Crippen LogP contribution in [0.3, 0.4) is 0 Å². The maximum Gasteiger partial charge on any atom is 0.142 e. The molecule has 2 heteroatoms. The molecule has 1 atom stereocenters. The van der Waals surface area contributed by atoms with Gasteiger partial charge >= 0.3 is 0 Å². The van der Waals surface area contributed by atoms with Gasteiger partial charge in [-0.3, -0.25) is 0 Å². The molecule has 0 fully saturated rings. The van der Waals surface area contributed by atoms with Crippen molar-refractivity contribution >= 4 is 49.8 Å². The number of hydrogen-bond donors (Lipinski definition) is 0. The predicted molar refractivity (Wildman–Crippen MR) is 255 cm³/mol. The summed E-state index contributed by atoms with van der Waals surface area (Å²) < 4.78 is 7.28. The van der Waals surface area contributed by atoms with Gasteiger partial charge in [0.15, 0.2) is 0 Å². The fourth-order valence-corrected chi connectivity index (χ4v) is 11.1. The molecule has 2 aliphatic rings. The van der Waals surface area contributed by atoms with Gasteiger partial charge in [0.05, 0.1) is 11.1 Å². The Morgan fingerprint density at radius 1 is 0.410 bits per heavy atom. The van der Waals surface area contributed by atoms with Gasteiger partial charge in [-0.1, -0.05) is 185 Å². The third kappa shape index (κ3) is 5.15. The van der Waals surface area contributed by atoms with Crippen molar-refractivity contribution in [1.29, 1.82) is 0 Å². The summed E-state index contributed by atoms with van der Waals surface area (Å²) in [6.45, 7) is 9.41. The second kappa shape index (κ2) is 13.2. The maximum atomic E-state index is 7.28. The summed E-state index contributed by atoms with van der Waals surface area (Å²) in [5.74, 6) is -0.117. The first-order valence-corrected chi connectivity index (χ1v) is 21.6. The van der Waals surface area contributed by atoms with Crippen molar-refractivity contribution in [2.75, 3.05) is 4.90 Å². The molecule has 0 saturated heterocycles. The van der Waals surface area contributed by atoms with Crippen LogP contribution in [0, 0.1) is 0 Å². The smallest absolute Gasteiger partial charge is 0.142 e. The van der Waals surface area contributed by atoms with Crippen molar-refractivity contribution in [2.24, 2.45) is 0 Å². The van der Waals surface area contributed by atoms with Crippen LogP contribution in [0.4, 0.5) is 17.1 Å². The quantitative estimate of drug-likeness (QED) is 0.156. The highest BCUT2D eigenvalue weighted by atomic mass is 16.3. The van der Waals surface area contributed by atoms with E-state index in [1.54, 1.807) is 0 Å². The first kappa shape index (κ1) is 35.8. The first-order chi connectivity index (χ1) is 29.8. The zero-order valence-corrected chi connectivity index (χ0v) is 34.9. The van der Waals surface area contributed by atoms with E-state index >= 15 is 0 Å². The van der Waals surface area contributed by atoms with E-state index in [1.165, 1.54) is 72.0 Å². The summed E-state index contributed by atoms with van der Waals surface area (Å²) >= 11 is 0. The molecule has 2 aliphatic carbocycles. The largest absolute Gasteiger partial charge is 0.456 e. The second-order valence-corrected chi connectivity index (χ2v) is 18.0. The summed E-state index contributed by atoms with van der Waals surface area (Å²) in [7, 11) is 0. The number of anilines is 3. The number of hydrogen-bond acceptors (Lipinski definition) is 2. The zero-order chi connectivity index (χ0) is 41.0. The molecule has 0 spiro atoms. The van der Waals surface area contributed by atoms with Gasteiger partial charge in [-0.25, -0.2) is 0 Å². The van der Waals surface area contributed by atoms with Crippen LogP contribution in [0.5, 0.6) is 0 Å². The van der Waals surface area contributed by atoms with E-state index in [9.17, 15) is 0 Å². The van der Waals surface area contributed by atoms with E-state index < -0.39 is 0 Å². The van der Waals surface area contributed by atoms with Crippen LogP contribution in [-0.2, 0) is 10.8 Å². The molecule has 0 saturated carbocycles. The van der Waals surface area contributed by atoms with Crippen molar-refractivity contribution in [2.45, 2.75) is 44.4 Å². The molecule has 0 N–H and O–H groups in total. The molecule has 9 aromatic carbocycles. The Morgan fingerprint density at radius 2 is 0.934 bits per heavy atom. The average molecular weight is 784 g/mol. The molecule has 0 amide bonds. The van der Waals surface area contributed by atoms with Gasteiger partial charge in [0.2, 0.25) is 0 Å². The highest BCUT2D eigenvalue weighted by molar-refractivity contribution is 6.23. The van der Waals surface area contributed by atoms with Gasteiger partial charge in [-0.15, -0.1) is 0 Å². The van der Waals surface area contributed by atoms with Crippen molar-refractivity contribution in [1.82, 2.24) is 0 Å². The first-order valence-electron chi connectivity index (χ1n) is 21.6. The Bertz CT molecular complexity index is 3370. The van der Waals surface area contributed by atoms with E-state index in [4.69, 9.17) is 4.42 Å². The third-order valence-electron chi connectivity index (χ3n) is 14.0. The Balaban J connectivity index is 1.18. The van der Waals surface area contributed by atoms with Gasteiger partial charge in [0.1, 0.15) is 11.2 Å². The summed E-state index contributed by atoms with van der Waals surface area (Å²) in [6.07, 6.45) is 0. The minimum Gasteiger partial charge on any atom is -0.456 e. The molecule has 1 heterocycles. The van der Waals surface area contributed by atoms with E-state index in [0.29, 0.717) is 0 Å². The van der Waals surface area contributed by atoms with Crippen LogP contribution in [0.2, 0.25) is 0 Å². The maximum absolute atomic E-state index is 7.28. The van der Waals surface area contributed by atoms with Crippen molar-refractivity contribution < 1.29 is 4.42 Å². The molecule has 292 valence electrons. The molecule has 61 heavy (non-hydrogen) atoms. The van der Waals surface area contributed by atoms with Crippen LogP contribution in [-0.4, -0.2) is 0 Å². The van der Waals surface area contributed by atoms with E-state index in [0.717, 1.165) is 39.0 Å². The van der Waals surface area contributed by atoms with Crippen LogP contribution < -0.4 is 4.90 Å². The average Bonchev–Trinajstić information content (AvgIpc) is 3.88. The van der Waals surface area contributed by atoms with E-state index in [1.807, 2.05) is 0 Å². The van der Waals surface area contributed by atoms with Crippen LogP contribution in [0.15, 0.2) is 199 Å². The molecular formula is C59H45NO. The van der Waals surface area contributed by atoms with Crippen LogP contribution in [0.25, 0.3) is 55.0 Å². The highest BCUT2D eigenvalue weighted by Crippen LogP contribution is 2.56. The molecule has 12 rings (SSSR count). The lowest BCUT2D eigenvalue weighted by molar-refractivity contribution is 0.659. The minimum atomic E-state index is -0.117.